The lowest BCUT2D eigenvalue weighted by atomic mass is 10.2. The van der Waals surface area contributed by atoms with Crippen LogP contribution in [0.5, 0.6) is 5.75 Å². The van der Waals surface area contributed by atoms with Gasteiger partial charge in [0, 0.05) is 7.11 Å². The standard InChI is InChI=1S/C13H14N4O2S/c1-9-3-5-10(6-4-9)19-8-12-16-17-11(7-18-2)14-15-13(17)20-12/h3-6H,7-8H2,1-2H3. The number of aryl methyl sites for hydroxylation is 1. The Morgan fingerprint density at radius 3 is 2.70 bits per heavy atom. The van der Waals surface area contributed by atoms with Crippen LogP contribution in [0.4, 0.5) is 0 Å². The number of fused-ring (bicyclic) bond motifs is 1. The van der Waals surface area contributed by atoms with Crippen molar-refractivity contribution in [3.05, 3.63) is 40.7 Å². The molecule has 20 heavy (non-hydrogen) atoms. The Kier molecular flexibility index (Phi) is 3.62. The normalized spacial score (nSPS) is 11.1. The van der Waals surface area contributed by atoms with Gasteiger partial charge in [-0.2, -0.15) is 9.61 Å². The zero-order chi connectivity index (χ0) is 13.9. The molecule has 0 bridgehead atoms. The number of benzene rings is 1. The van der Waals surface area contributed by atoms with Crippen molar-refractivity contribution in [2.75, 3.05) is 7.11 Å². The zero-order valence-corrected chi connectivity index (χ0v) is 12.1. The lowest BCUT2D eigenvalue weighted by Gasteiger charge is -2.03. The Balaban J connectivity index is 1.72. The van der Waals surface area contributed by atoms with Gasteiger partial charge in [0.2, 0.25) is 4.96 Å². The summed E-state index contributed by atoms with van der Waals surface area (Å²) in [6.07, 6.45) is 0. The molecule has 1 aromatic carbocycles. The zero-order valence-electron chi connectivity index (χ0n) is 11.2. The largest absolute Gasteiger partial charge is 0.486 e. The first-order valence-electron chi connectivity index (χ1n) is 6.14. The van der Waals surface area contributed by atoms with E-state index in [2.05, 4.69) is 15.3 Å². The lowest BCUT2D eigenvalue weighted by molar-refractivity contribution is 0.176. The van der Waals surface area contributed by atoms with Gasteiger partial charge in [-0.15, -0.1) is 10.2 Å². The molecule has 0 saturated heterocycles. The smallest absolute Gasteiger partial charge is 0.234 e. The maximum Gasteiger partial charge on any atom is 0.234 e. The molecule has 104 valence electrons. The molecule has 0 unspecified atom stereocenters. The molecule has 0 fully saturated rings. The van der Waals surface area contributed by atoms with E-state index in [-0.39, 0.29) is 0 Å². The fourth-order valence-electron chi connectivity index (χ4n) is 1.75. The van der Waals surface area contributed by atoms with Crippen LogP contribution in [-0.4, -0.2) is 26.9 Å². The Hall–Kier alpha value is -1.99. The summed E-state index contributed by atoms with van der Waals surface area (Å²) >= 11 is 1.46. The maximum atomic E-state index is 5.70. The first-order chi connectivity index (χ1) is 9.76. The molecule has 0 aliphatic carbocycles. The second-order valence-corrected chi connectivity index (χ2v) is 5.38. The van der Waals surface area contributed by atoms with E-state index in [9.17, 15) is 0 Å². The van der Waals surface area contributed by atoms with Crippen LogP contribution >= 0.6 is 11.3 Å². The lowest BCUT2D eigenvalue weighted by Crippen LogP contribution is -2.00. The van der Waals surface area contributed by atoms with E-state index in [1.54, 1.807) is 11.6 Å². The van der Waals surface area contributed by atoms with Crippen molar-refractivity contribution in [1.82, 2.24) is 19.8 Å². The van der Waals surface area contributed by atoms with E-state index in [1.807, 2.05) is 31.2 Å². The molecular formula is C13H14N4O2S. The molecule has 7 heteroatoms. The number of aromatic nitrogens is 4. The molecule has 6 nitrogen and oxygen atoms in total. The minimum Gasteiger partial charge on any atom is -0.486 e. The number of nitrogens with zero attached hydrogens (tertiary/aromatic N) is 4. The molecule has 0 aliphatic heterocycles. The SMILES string of the molecule is COCc1nnc2sc(COc3ccc(C)cc3)nn12. The predicted molar refractivity (Wildman–Crippen MR) is 74.9 cm³/mol. The van der Waals surface area contributed by atoms with Gasteiger partial charge in [-0.05, 0) is 19.1 Å². The highest BCUT2D eigenvalue weighted by molar-refractivity contribution is 7.16. The van der Waals surface area contributed by atoms with Crippen LogP contribution in [0.2, 0.25) is 0 Å². The van der Waals surface area contributed by atoms with Crippen molar-refractivity contribution in [1.29, 1.82) is 0 Å². The van der Waals surface area contributed by atoms with E-state index in [0.29, 0.717) is 19.0 Å². The molecule has 0 amide bonds. The third kappa shape index (κ3) is 2.63. The molecule has 0 saturated carbocycles. The van der Waals surface area contributed by atoms with E-state index in [0.717, 1.165) is 15.7 Å². The number of methoxy groups -OCH3 is 1. The third-order valence-electron chi connectivity index (χ3n) is 2.75. The Labute approximate surface area is 120 Å². The Morgan fingerprint density at radius 2 is 1.95 bits per heavy atom. The Bertz CT molecular complexity index is 705. The molecule has 0 atom stereocenters. The average molecular weight is 290 g/mol. The van der Waals surface area contributed by atoms with Crippen LogP contribution < -0.4 is 4.74 Å². The van der Waals surface area contributed by atoms with Gasteiger partial charge in [0.25, 0.3) is 0 Å². The summed E-state index contributed by atoms with van der Waals surface area (Å²) in [5.41, 5.74) is 1.21. The molecule has 0 spiro atoms. The van der Waals surface area contributed by atoms with Gasteiger partial charge < -0.3 is 9.47 Å². The third-order valence-corrected chi connectivity index (χ3v) is 3.63. The fraction of sp³-hybridized carbons (Fsp3) is 0.308. The van der Waals surface area contributed by atoms with E-state index >= 15 is 0 Å². The van der Waals surface area contributed by atoms with Crippen LogP contribution in [-0.2, 0) is 18.0 Å². The van der Waals surface area contributed by atoms with Gasteiger partial charge in [0.1, 0.15) is 19.0 Å². The van der Waals surface area contributed by atoms with E-state index in [1.165, 1.54) is 16.9 Å². The maximum absolute atomic E-state index is 5.70. The molecule has 3 rings (SSSR count). The summed E-state index contributed by atoms with van der Waals surface area (Å²) in [6, 6.07) is 7.94. The monoisotopic (exact) mass is 290 g/mol. The van der Waals surface area contributed by atoms with Crippen molar-refractivity contribution in [2.24, 2.45) is 0 Å². The average Bonchev–Trinajstić information content (AvgIpc) is 3.00. The molecule has 0 radical (unpaired) electrons. The predicted octanol–water partition coefficient (Wildman–Crippen LogP) is 2.22. The molecule has 2 heterocycles. The van der Waals surface area contributed by atoms with Gasteiger partial charge in [0.05, 0.1) is 0 Å². The molecule has 0 aliphatic rings. The van der Waals surface area contributed by atoms with Crippen molar-refractivity contribution in [2.45, 2.75) is 20.1 Å². The fourth-order valence-corrected chi connectivity index (χ4v) is 2.52. The summed E-state index contributed by atoms with van der Waals surface area (Å²) in [5, 5.41) is 13.4. The molecule has 3 aromatic rings. The van der Waals surface area contributed by atoms with Crippen LogP contribution in [0.25, 0.3) is 4.96 Å². The van der Waals surface area contributed by atoms with Crippen molar-refractivity contribution >= 4 is 16.3 Å². The van der Waals surface area contributed by atoms with Gasteiger partial charge >= 0.3 is 0 Å². The number of rotatable bonds is 5. The van der Waals surface area contributed by atoms with Crippen molar-refractivity contribution in [3.8, 4) is 5.75 Å². The number of hydrogen-bond acceptors (Lipinski definition) is 6. The van der Waals surface area contributed by atoms with E-state index < -0.39 is 0 Å². The molecule has 2 aromatic heterocycles. The highest BCUT2D eigenvalue weighted by Crippen LogP contribution is 2.18. The van der Waals surface area contributed by atoms with Crippen molar-refractivity contribution in [3.63, 3.8) is 0 Å². The van der Waals surface area contributed by atoms with Gasteiger partial charge in [-0.25, -0.2) is 0 Å². The summed E-state index contributed by atoms with van der Waals surface area (Å²) in [5.74, 6) is 1.53. The van der Waals surface area contributed by atoms with Crippen molar-refractivity contribution < 1.29 is 9.47 Å². The summed E-state index contributed by atoms with van der Waals surface area (Å²) < 4.78 is 12.5. The van der Waals surface area contributed by atoms with Crippen LogP contribution in [0, 0.1) is 6.92 Å². The van der Waals surface area contributed by atoms with Crippen LogP contribution in [0.15, 0.2) is 24.3 Å². The quantitative estimate of drug-likeness (QED) is 0.721. The highest BCUT2D eigenvalue weighted by atomic mass is 32.1. The second-order valence-electron chi connectivity index (χ2n) is 4.34. The van der Waals surface area contributed by atoms with Crippen LogP contribution in [0.3, 0.4) is 0 Å². The van der Waals surface area contributed by atoms with Crippen LogP contribution in [0.1, 0.15) is 16.4 Å². The summed E-state index contributed by atoms with van der Waals surface area (Å²) in [4.78, 5) is 0.750. The van der Waals surface area contributed by atoms with Gasteiger partial charge in [-0.1, -0.05) is 29.0 Å². The van der Waals surface area contributed by atoms with Gasteiger partial charge in [0.15, 0.2) is 10.8 Å². The summed E-state index contributed by atoms with van der Waals surface area (Å²) in [7, 11) is 1.62. The first kappa shape index (κ1) is 13.0. The first-order valence-corrected chi connectivity index (χ1v) is 6.96. The number of ether oxygens (including phenoxy) is 2. The topological polar surface area (TPSA) is 61.5 Å². The minimum atomic E-state index is 0.392. The number of hydrogen-bond donors (Lipinski definition) is 0. The molecular weight excluding hydrogens is 276 g/mol. The Morgan fingerprint density at radius 1 is 1.15 bits per heavy atom. The van der Waals surface area contributed by atoms with E-state index in [4.69, 9.17) is 9.47 Å². The second kappa shape index (κ2) is 5.56. The summed E-state index contributed by atoms with van der Waals surface area (Å²) in [6.45, 7) is 2.86. The molecule has 0 N–H and O–H groups in total. The minimum absolute atomic E-state index is 0.392. The van der Waals surface area contributed by atoms with Gasteiger partial charge in [-0.3, -0.25) is 0 Å². The highest BCUT2D eigenvalue weighted by Gasteiger charge is 2.11.